The van der Waals surface area contributed by atoms with Crippen molar-refractivity contribution in [3.8, 4) is 0 Å². The lowest BCUT2D eigenvalue weighted by atomic mass is 10.3. The molecule has 0 aromatic carbocycles. The fraction of sp³-hybridized carbons (Fsp3) is 0.286. The summed E-state index contributed by atoms with van der Waals surface area (Å²) in [6, 6.07) is 0. The summed E-state index contributed by atoms with van der Waals surface area (Å²) < 4.78 is 24.0. The Hall–Kier alpha value is -1.68. The highest BCUT2D eigenvalue weighted by Crippen LogP contribution is 2.17. The number of hydrogen-bond acceptors (Lipinski definition) is 7. The Morgan fingerprint density at radius 2 is 2.29 bits per heavy atom. The van der Waals surface area contributed by atoms with Crippen molar-refractivity contribution in [1.29, 1.82) is 0 Å². The Kier molecular flexibility index (Phi) is 4.02. The molecule has 2 N–H and O–H groups in total. The zero-order chi connectivity index (χ0) is 13.1. The number of aromatic nitrogens is 1. The van der Waals surface area contributed by atoms with E-state index in [1.54, 1.807) is 0 Å². The van der Waals surface area contributed by atoms with Crippen LogP contribution in [0.2, 0.25) is 0 Å². The maximum atomic E-state index is 10.9. The molecule has 93 valence electrons. The van der Waals surface area contributed by atoms with Gasteiger partial charge in [-0.1, -0.05) is 5.16 Å². The molecule has 8 nitrogen and oxygen atoms in total. The van der Waals surface area contributed by atoms with Crippen LogP contribution in [0.15, 0.2) is 10.5 Å². The molecule has 0 saturated carbocycles. The molecule has 0 atom stereocenters. The molecule has 0 saturated heterocycles. The van der Waals surface area contributed by atoms with Gasteiger partial charge in [0.15, 0.2) is 10.8 Å². The van der Waals surface area contributed by atoms with Gasteiger partial charge in [0, 0.05) is 5.38 Å². The number of sulfonamides is 1. The van der Waals surface area contributed by atoms with E-state index in [9.17, 15) is 13.2 Å². The Morgan fingerprint density at radius 1 is 1.65 bits per heavy atom. The van der Waals surface area contributed by atoms with E-state index in [0.717, 1.165) is 17.6 Å². The van der Waals surface area contributed by atoms with E-state index in [0.29, 0.717) is 0 Å². The summed E-state index contributed by atoms with van der Waals surface area (Å²) in [6.45, 7) is 0. The molecular weight excluding hydrogens is 268 g/mol. The van der Waals surface area contributed by atoms with E-state index in [2.05, 4.69) is 19.7 Å². The molecule has 0 aliphatic heterocycles. The summed E-state index contributed by atoms with van der Waals surface area (Å²) in [6.07, 6.45) is 0.980. The minimum absolute atomic E-state index is 0.0861. The number of nitrogens with zero attached hydrogens (tertiary/aromatic N) is 2. The predicted octanol–water partition coefficient (Wildman–Crippen LogP) is -0.325. The number of amides is 1. The van der Waals surface area contributed by atoms with Gasteiger partial charge in [0.1, 0.15) is 12.8 Å². The summed E-state index contributed by atoms with van der Waals surface area (Å²) in [5.74, 6) is -1.07. The van der Waals surface area contributed by atoms with E-state index in [1.165, 1.54) is 12.5 Å². The highest BCUT2D eigenvalue weighted by Gasteiger charge is 2.17. The smallest absolute Gasteiger partial charge is 0.294 e. The number of carbonyl (C=O) groups excluding carboxylic acids is 1. The van der Waals surface area contributed by atoms with Gasteiger partial charge in [-0.3, -0.25) is 15.3 Å². The number of carbonyl (C=O) groups is 1. The first-order chi connectivity index (χ1) is 7.83. The molecule has 0 aliphatic carbocycles. The first-order valence-electron chi connectivity index (χ1n) is 4.14. The van der Waals surface area contributed by atoms with E-state index < -0.39 is 15.9 Å². The zero-order valence-electron chi connectivity index (χ0n) is 8.92. The first-order valence-corrected chi connectivity index (χ1v) is 6.91. The topological polar surface area (TPSA) is 122 Å². The number of oxime groups is 1. The molecule has 17 heavy (non-hydrogen) atoms. The van der Waals surface area contributed by atoms with Crippen LogP contribution in [-0.4, -0.2) is 38.4 Å². The molecule has 0 unspecified atom stereocenters. The molecule has 1 aromatic heterocycles. The third-order valence-corrected chi connectivity index (χ3v) is 2.87. The van der Waals surface area contributed by atoms with Crippen LogP contribution in [0.3, 0.4) is 0 Å². The number of anilines is 1. The number of nitrogens with one attached hydrogen (secondary N) is 2. The lowest BCUT2D eigenvalue weighted by Crippen LogP contribution is -2.17. The van der Waals surface area contributed by atoms with Gasteiger partial charge in [0.2, 0.25) is 10.0 Å². The van der Waals surface area contributed by atoms with Crippen LogP contribution in [0.1, 0.15) is 5.69 Å². The van der Waals surface area contributed by atoms with Gasteiger partial charge in [0.05, 0.1) is 6.26 Å². The average molecular weight is 277 g/mol. The fourth-order valence-electron chi connectivity index (χ4n) is 0.884. The molecule has 0 fully saturated rings. The molecule has 1 heterocycles. The summed E-state index contributed by atoms with van der Waals surface area (Å²) in [7, 11) is -2.20. The van der Waals surface area contributed by atoms with Crippen LogP contribution < -0.4 is 10.5 Å². The molecule has 0 spiro atoms. The van der Waals surface area contributed by atoms with E-state index >= 15 is 0 Å². The van der Waals surface area contributed by atoms with Crippen molar-refractivity contribution in [3.05, 3.63) is 11.1 Å². The SMILES string of the molecule is CON=C(C([NH])=O)c1csc(NS(C)(=O)=O)n1. The molecule has 0 bridgehead atoms. The van der Waals surface area contributed by atoms with Crippen LogP contribution in [-0.2, 0) is 19.7 Å². The van der Waals surface area contributed by atoms with Crippen molar-refractivity contribution < 1.29 is 18.0 Å². The largest absolute Gasteiger partial charge is 0.398 e. The summed E-state index contributed by atoms with van der Waals surface area (Å²) in [4.78, 5) is 19.1. The maximum Gasteiger partial charge on any atom is 0.294 e. The van der Waals surface area contributed by atoms with Gasteiger partial charge >= 0.3 is 0 Å². The number of rotatable bonds is 5. The Morgan fingerprint density at radius 3 is 2.76 bits per heavy atom. The number of hydrogen-bond donors (Lipinski definition) is 1. The molecule has 10 heteroatoms. The lowest BCUT2D eigenvalue weighted by molar-refractivity contribution is -0.112. The van der Waals surface area contributed by atoms with Crippen molar-refractivity contribution in [1.82, 2.24) is 10.7 Å². The Bertz CT molecular complexity index is 548. The standard InChI is InChI=1S/C7H9N4O4S2/c1-15-10-5(6(8)12)4-3-16-7(9-4)11-17(2,13)14/h3,8H,1-2H3,(H,9,11). The minimum atomic E-state index is -3.43. The van der Waals surface area contributed by atoms with Crippen LogP contribution in [0.25, 0.3) is 0 Å². The highest BCUT2D eigenvalue weighted by molar-refractivity contribution is 7.92. The van der Waals surface area contributed by atoms with Gasteiger partial charge in [-0.05, 0) is 0 Å². The van der Waals surface area contributed by atoms with Gasteiger partial charge in [-0.2, -0.15) is 0 Å². The van der Waals surface area contributed by atoms with Crippen LogP contribution in [0.5, 0.6) is 0 Å². The van der Waals surface area contributed by atoms with Crippen molar-refractivity contribution >= 4 is 38.1 Å². The molecule has 1 aromatic rings. The normalized spacial score (nSPS) is 12.2. The monoisotopic (exact) mass is 277 g/mol. The molecular formula is C7H9N4O4S2. The van der Waals surface area contributed by atoms with Gasteiger partial charge in [0.25, 0.3) is 5.91 Å². The van der Waals surface area contributed by atoms with Gasteiger partial charge < -0.3 is 4.84 Å². The maximum absolute atomic E-state index is 10.9. The summed E-state index contributed by atoms with van der Waals surface area (Å²) >= 11 is 0.975. The van der Waals surface area contributed by atoms with Crippen molar-refractivity contribution in [3.63, 3.8) is 0 Å². The Labute approximate surface area is 102 Å². The molecule has 0 aliphatic rings. The minimum Gasteiger partial charge on any atom is -0.398 e. The third kappa shape index (κ3) is 4.00. The molecule has 1 rings (SSSR count). The second-order valence-electron chi connectivity index (χ2n) is 2.86. The van der Waals surface area contributed by atoms with E-state index in [1.807, 2.05) is 0 Å². The Balaban J connectivity index is 3.01. The lowest BCUT2D eigenvalue weighted by Gasteiger charge is -1.97. The van der Waals surface area contributed by atoms with Crippen LogP contribution in [0, 0.1) is 0 Å². The van der Waals surface area contributed by atoms with E-state index in [-0.39, 0.29) is 16.5 Å². The first kappa shape index (κ1) is 13.4. The quantitative estimate of drug-likeness (QED) is 0.583. The number of thiazole rings is 1. The van der Waals surface area contributed by atoms with Crippen LogP contribution in [0.4, 0.5) is 5.13 Å². The zero-order valence-corrected chi connectivity index (χ0v) is 10.6. The average Bonchev–Trinajstić information content (AvgIpc) is 2.59. The third-order valence-electron chi connectivity index (χ3n) is 1.42. The fourth-order valence-corrected chi connectivity index (χ4v) is 2.43. The van der Waals surface area contributed by atoms with E-state index in [4.69, 9.17) is 5.73 Å². The second-order valence-corrected chi connectivity index (χ2v) is 5.47. The van der Waals surface area contributed by atoms with Crippen molar-refractivity contribution in [2.45, 2.75) is 0 Å². The van der Waals surface area contributed by atoms with Crippen molar-refractivity contribution in [2.75, 3.05) is 18.1 Å². The summed E-state index contributed by atoms with van der Waals surface area (Å²) in [5.41, 5.74) is 6.74. The van der Waals surface area contributed by atoms with Gasteiger partial charge in [-0.25, -0.2) is 13.4 Å². The van der Waals surface area contributed by atoms with Crippen LogP contribution >= 0.6 is 11.3 Å². The van der Waals surface area contributed by atoms with Gasteiger partial charge in [-0.15, -0.1) is 11.3 Å². The highest BCUT2D eigenvalue weighted by atomic mass is 32.2. The summed E-state index contributed by atoms with van der Waals surface area (Å²) in [5, 5.41) is 4.84. The molecule has 1 amide bonds. The predicted molar refractivity (Wildman–Crippen MR) is 62.2 cm³/mol. The van der Waals surface area contributed by atoms with Crippen molar-refractivity contribution in [2.24, 2.45) is 5.16 Å². The second kappa shape index (κ2) is 5.10. The molecule has 1 radical (unpaired) electrons.